The van der Waals surface area contributed by atoms with Crippen molar-refractivity contribution in [2.75, 3.05) is 12.9 Å². The highest BCUT2D eigenvalue weighted by Gasteiger charge is 2.14. The fourth-order valence-corrected chi connectivity index (χ4v) is 4.30. The third-order valence-electron chi connectivity index (χ3n) is 4.42. The normalized spacial score (nSPS) is 11.8. The number of fused-ring (bicyclic) bond motifs is 1. The van der Waals surface area contributed by atoms with Crippen LogP contribution in [0, 0.1) is 13.8 Å². The number of amides is 1. The summed E-state index contributed by atoms with van der Waals surface area (Å²) in [6.07, 6.45) is 1.99. The summed E-state index contributed by atoms with van der Waals surface area (Å²) in [7, 11) is 0. The second-order valence-corrected chi connectivity index (χ2v) is 8.21. The van der Waals surface area contributed by atoms with Crippen molar-refractivity contribution in [2.45, 2.75) is 32.2 Å². The van der Waals surface area contributed by atoms with Crippen LogP contribution in [0.25, 0.3) is 10.2 Å². The van der Waals surface area contributed by atoms with Crippen LogP contribution in [0.2, 0.25) is 0 Å². The first-order valence-electron chi connectivity index (χ1n) is 8.92. The monoisotopic (exact) mass is 414 g/mol. The number of aryl methyl sites for hydroxylation is 2. The molecule has 3 aromatic rings. The van der Waals surface area contributed by atoms with Gasteiger partial charge >= 0.3 is 5.97 Å². The molecule has 0 fully saturated rings. The highest BCUT2D eigenvalue weighted by molar-refractivity contribution is 7.98. The molecule has 0 N–H and O–H groups in total. The lowest BCUT2D eigenvalue weighted by Crippen LogP contribution is -2.23. The Morgan fingerprint density at radius 1 is 1.14 bits per heavy atom. The zero-order valence-corrected chi connectivity index (χ0v) is 17.9. The van der Waals surface area contributed by atoms with Crippen LogP contribution in [0.5, 0.6) is 0 Å². The molecule has 0 radical (unpaired) electrons. The van der Waals surface area contributed by atoms with E-state index in [4.69, 9.17) is 4.74 Å². The van der Waals surface area contributed by atoms with Crippen molar-refractivity contribution < 1.29 is 14.3 Å². The Labute approximate surface area is 172 Å². The van der Waals surface area contributed by atoms with Crippen molar-refractivity contribution in [2.24, 2.45) is 4.99 Å². The Hall–Kier alpha value is -2.38. The Balaban J connectivity index is 2.10. The maximum Gasteiger partial charge on any atom is 0.326 e. The molecule has 1 amide bonds. The van der Waals surface area contributed by atoms with E-state index in [2.05, 4.69) is 11.1 Å². The van der Waals surface area contributed by atoms with Crippen molar-refractivity contribution >= 4 is 45.2 Å². The molecule has 1 heterocycles. The number of aromatic nitrogens is 1. The maximum absolute atomic E-state index is 12.7. The van der Waals surface area contributed by atoms with Gasteiger partial charge in [-0.1, -0.05) is 11.3 Å². The molecular formula is C21H22N2O3S2. The van der Waals surface area contributed by atoms with E-state index in [0.717, 1.165) is 26.2 Å². The lowest BCUT2D eigenvalue weighted by molar-refractivity contribution is -0.143. The Morgan fingerprint density at radius 3 is 2.46 bits per heavy atom. The van der Waals surface area contributed by atoms with Crippen molar-refractivity contribution in [1.29, 1.82) is 0 Å². The van der Waals surface area contributed by atoms with Crippen LogP contribution in [0.3, 0.4) is 0 Å². The average molecular weight is 415 g/mol. The van der Waals surface area contributed by atoms with Gasteiger partial charge in [-0.05, 0) is 74.6 Å². The summed E-state index contributed by atoms with van der Waals surface area (Å²) in [6, 6.07) is 11.4. The lowest BCUT2D eigenvalue weighted by Gasteiger charge is -2.06. The summed E-state index contributed by atoms with van der Waals surface area (Å²) >= 11 is 3.02. The molecule has 0 aliphatic heterocycles. The Morgan fingerprint density at radius 2 is 1.82 bits per heavy atom. The fraction of sp³-hybridized carbons (Fsp3) is 0.286. The van der Waals surface area contributed by atoms with E-state index >= 15 is 0 Å². The number of rotatable bonds is 5. The van der Waals surface area contributed by atoms with Gasteiger partial charge in [-0.15, -0.1) is 11.8 Å². The molecule has 0 atom stereocenters. The smallest absolute Gasteiger partial charge is 0.326 e. The van der Waals surface area contributed by atoms with Gasteiger partial charge in [0.1, 0.15) is 6.54 Å². The number of esters is 1. The number of carbonyl (C=O) groups excluding carboxylic acids is 2. The summed E-state index contributed by atoms with van der Waals surface area (Å²) in [4.78, 5) is 30.7. The minimum absolute atomic E-state index is 0.0217. The highest BCUT2D eigenvalue weighted by atomic mass is 32.2. The molecule has 7 heteroatoms. The summed E-state index contributed by atoms with van der Waals surface area (Å²) in [5, 5.41) is 0. The third kappa shape index (κ3) is 4.36. The van der Waals surface area contributed by atoms with Crippen LogP contribution in [0.1, 0.15) is 28.4 Å². The van der Waals surface area contributed by atoms with E-state index in [1.807, 2.05) is 38.3 Å². The molecule has 0 unspecified atom stereocenters. The quantitative estimate of drug-likeness (QED) is 0.460. The number of benzene rings is 2. The molecule has 0 bridgehead atoms. The molecule has 0 saturated heterocycles. The number of hydrogen-bond acceptors (Lipinski definition) is 5. The first kappa shape index (κ1) is 20.4. The molecule has 1 aromatic heterocycles. The summed E-state index contributed by atoms with van der Waals surface area (Å²) in [5.74, 6) is -0.677. The maximum atomic E-state index is 12.7. The molecule has 0 aliphatic carbocycles. The standard InChI is InChI=1S/C21H22N2O3S2/c1-5-26-19(24)12-23-17-10-13(2)14(3)11-18(17)28-21(23)22-20(25)15-6-8-16(27-4)9-7-15/h6-11H,5,12H2,1-4H3. The predicted molar refractivity (Wildman–Crippen MR) is 114 cm³/mol. The third-order valence-corrected chi connectivity index (χ3v) is 6.21. The molecule has 146 valence electrons. The van der Waals surface area contributed by atoms with Crippen molar-refractivity contribution in [3.8, 4) is 0 Å². The topological polar surface area (TPSA) is 60.7 Å². The Kier molecular flexibility index (Phi) is 6.36. The van der Waals surface area contributed by atoms with Crippen LogP contribution < -0.4 is 4.80 Å². The SMILES string of the molecule is CCOC(=O)Cn1c(=NC(=O)c2ccc(SC)cc2)sc2cc(C)c(C)cc21. The second-order valence-electron chi connectivity index (χ2n) is 6.33. The van der Waals surface area contributed by atoms with Gasteiger partial charge in [-0.25, -0.2) is 0 Å². The first-order chi connectivity index (χ1) is 13.4. The van der Waals surface area contributed by atoms with E-state index in [0.29, 0.717) is 17.0 Å². The lowest BCUT2D eigenvalue weighted by atomic mass is 10.1. The van der Waals surface area contributed by atoms with Crippen molar-refractivity contribution in [1.82, 2.24) is 4.57 Å². The molecule has 2 aromatic carbocycles. The van der Waals surface area contributed by atoms with E-state index in [9.17, 15) is 9.59 Å². The van der Waals surface area contributed by atoms with Gasteiger partial charge in [0.25, 0.3) is 5.91 Å². The minimum atomic E-state index is -0.348. The number of thioether (sulfide) groups is 1. The van der Waals surface area contributed by atoms with Gasteiger partial charge in [0.2, 0.25) is 0 Å². The second kappa shape index (κ2) is 8.75. The van der Waals surface area contributed by atoms with Crippen LogP contribution in [0.4, 0.5) is 0 Å². The van der Waals surface area contributed by atoms with Gasteiger partial charge in [-0.3, -0.25) is 9.59 Å². The highest BCUT2D eigenvalue weighted by Crippen LogP contribution is 2.22. The van der Waals surface area contributed by atoms with Crippen LogP contribution in [-0.2, 0) is 16.1 Å². The van der Waals surface area contributed by atoms with Gasteiger partial charge in [0, 0.05) is 10.5 Å². The number of nitrogens with zero attached hydrogens (tertiary/aromatic N) is 2. The van der Waals surface area contributed by atoms with Gasteiger partial charge < -0.3 is 9.30 Å². The molecule has 0 spiro atoms. The molecule has 0 aliphatic rings. The van der Waals surface area contributed by atoms with E-state index < -0.39 is 0 Å². The number of thiazole rings is 1. The van der Waals surface area contributed by atoms with E-state index in [1.54, 1.807) is 35.4 Å². The van der Waals surface area contributed by atoms with Crippen molar-refractivity contribution in [3.05, 3.63) is 57.9 Å². The first-order valence-corrected chi connectivity index (χ1v) is 11.0. The van der Waals surface area contributed by atoms with Gasteiger partial charge in [0.05, 0.1) is 16.8 Å². The molecule has 3 rings (SSSR count). The number of hydrogen-bond donors (Lipinski definition) is 0. The number of ether oxygens (including phenoxy) is 1. The molecule has 0 saturated carbocycles. The fourth-order valence-electron chi connectivity index (χ4n) is 2.78. The van der Waals surface area contributed by atoms with Crippen LogP contribution in [0.15, 0.2) is 46.3 Å². The predicted octanol–water partition coefficient (Wildman–Crippen LogP) is 4.35. The molecule has 28 heavy (non-hydrogen) atoms. The summed E-state index contributed by atoms with van der Waals surface area (Å²) < 4.78 is 7.85. The van der Waals surface area contributed by atoms with E-state index in [-0.39, 0.29) is 18.4 Å². The average Bonchev–Trinajstić information content (AvgIpc) is 2.98. The number of carbonyl (C=O) groups is 2. The molecule has 5 nitrogen and oxygen atoms in total. The zero-order valence-electron chi connectivity index (χ0n) is 16.3. The Bertz CT molecular complexity index is 1100. The van der Waals surface area contributed by atoms with Crippen LogP contribution >= 0.6 is 23.1 Å². The largest absolute Gasteiger partial charge is 0.465 e. The zero-order chi connectivity index (χ0) is 20.3. The van der Waals surface area contributed by atoms with Gasteiger partial charge in [0.15, 0.2) is 4.80 Å². The van der Waals surface area contributed by atoms with Gasteiger partial charge in [-0.2, -0.15) is 4.99 Å². The summed E-state index contributed by atoms with van der Waals surface area (Å²) in [6.45, 7) is 6.17. The van der Waals surface area contributed by atoms with Crippen LogP contribution in [-0.4, -0.2) is 29.3 Å². The minimum Gasteiger partial charge on any atom is -0.465 e. The van der Waals surface area contributed by atoms with E-state index in [1.165, 1.54) is 11.3 Å². The van der Waals surface area contributed by atoms with Crippen molar-refractivity contribution in [3.63, 3.8) is 0 Å². The molecular weight excluding hydrogens is 392 g/mol. The summed E-state index contributed by atoms with van der Waals surface area (Å²) in [5.41, 5.74) is 3.67.